The second kappa shape index (κ2) is 7.88. The van der Waals surface area contributed by atoms with Crippen LogP contribution in [-0.4, -0.2) is 29.0 Å². The Morgan fingerprint density at radius 1 is 1.14 bits per heavy atom. The molecular formula is C16H19FN2OS. The van der Waals surface area contributed by atoms with Crippen molar-refractivity contribution in [3.8, 4) is 0 Å². The highest BCUT2D eigenvalue weighted by Crippen LogP contribution is 2.09. The number of benzene rings is 1. The van der Waals surface area contributed by atoms with Crippen molar-refractivity contribution in [2.45, 2.75) is 25.7 Å². The zero-order valence-corrected chi connectivity index (χ0v) is 12.7. The minimum absolute atomic E-state index is 0.256. The van der Waals surface area contributed by atoms with Gasteiger partial charge in [0.25, 0.3) is 0 Å². The highest BCUT2D eigenvalue weighted by molar-refractivity contribution is 7.80. The highest BCUT2D eigenvalue weighted by Gasteiger charge is 2.13. The van der Waals surface area contributed by atoms with E-state index in [2.05, 4.69) is 5.32 Å². The van der Waals surface area contributed by atoms with Crippen molar-refractivity contribution in [2.75, 3.05) is 13.1 Å². The van der Waals surface area contributed by atoms with Crippen LogP contribution in [0.1, 0.15) is 31.2 Å². The molecule has 0 unspecified atom stereocenters. The first-order valence-electron chi connectivity index (χ1n) is 7.19. The van der Waals surface area contributed by atoms with Gasteiger partial charge in [-0.2, -0.15) is 0 Å². The average Bonchev–Trinajstić information content (AvgIpc) is 2.76. The minimum atomic E-state index is -0.293. The zero-order valence-electron chi connectivity index (χ0n) is 11.8. The van der Waals surface area contributed by atoms with E-state index in [-0.39, 0.29) is 11.7 Å². The van der Waals surface area contributed by atoms with Crippen LogP contribution in [-0.2, 0) is 4.79 Å². The molecule has 0 spiro atoms. The number of hydrogen-bond acceptors (Lipinski definition) is 2. The summed E-state index contributed by atoms with van der Waals surface area (Å²) in [5.41, 5.74) is 0.771. The number of carbonyl (C=O) groups excluding carboxylic acids is 1. The summed E-state index contributed by atoms with van der Waals surface area (Å²) >= 11 is 5.27. The topological polar surface area (TPSA) is 32.3 Å². The van der Waals surface area contributed by atoms with E-state index < -0.39 is 0 Å². The van der Waals surface area contributed by atoms with Gasteiger partial charge in [-0.05, 0) is 48.8 Å². The van der Waals surface area contributed by atoms with Crippen LogP contribution in [0, 0.1) is 5.82 Å². The molecule has 1 N–H and O–H groups in total. The molecule has 1 aliphatic rings. The van der Waals surface area contributed by atoms with Gasteiger partial charge < -0.3 is 4.90 Å². The first-order chi connectivity index (χ1) is 10.1. The molecular weight excluding hydrogens is 287 g/mol. The van der Waals surface area contributed by atoms with Gasteiger partial charge in [-0.1, -0.05) is 25.0 Å². The Hall–Kier alpha value is -1.75. The highest BCUT2D eigenvalue weighted by atomic mass is 32.1. The molecule has 1 aliphatic heterocycles. The number of nitrogens with one attached hydrogen (secondary N) is 1. The minimum Gasteiger partial charge on any atom is -0.349 e. The second-order valence-electron chi connectivity index (χ2n) is 5.08. The number of hydrogen-bond donors (Lipinski definition) is 1. The normalized spacial score (nSPS) is 15.8. The van der Waals surface area contributed by atoms with E-state index in [1.807, 2.05) is 4.90 Å². The number of carbonyl (C=O) groups is 1. The van der Waals surface area contributed by atoms with Crippen molar-refractivity contribution in [2.24, 2.45) is 0 Å². The van der Waals surface area contributed by atoms with Crippen molar-refractivity contribution in [3.63, 3.8) is 0 Å². The lowest BCUT2D eigenvalue weighted by Gasteiger charge is -2.22. The first kappa shape index (κ1) is 15.6. The number of thiocarbonyl (C=S) groups is 1. The average molecular weight is 306 g/mol. The van der Waals surface area contributed by atoms with E-state index in [4.69, 9.17) is 12.2 Å². The molecule has 1 aromatic carbocycles. The molecule has 1 saturated heterocycles. The quantitative estimate of drug-likeness (QED) is 0.673. The molecule has 5 heteroatoms. The van der Waals surface area contributed by atoms with Gasteiger partial charge in [0.05, 0.1) is 0 Å². The van der Waals surface area contributed by atoms with E-state index in [9.17, 15) is 9.18 Å². The molecule has 1 heterocycles. The zero-order chi connectivity index (χ0) is 15.1. The Balaban J connectivity index is 1.85. The van der Waals surface area contributed by atoms with Crippen molar-refractivity contribution in [1.29, 1.82) is 0 Å². The molecule has 0 aromatic heterocycles. The number of likely N-dealkylation sites (tertiary alicyclic amines) is 1. The van der Waals surface area contributed by atoms with Gasteiger partial charge in [0.15, 0.2) is 5.11 Å². The fourth-order valence-electron chi connectivity index (χ4n) is 2.25. The summed E-state index contributed by atoms with van der Waals surface area (Å²) in [5.74, 6) is -0.549. The summed E-state index contributed by atoms with van der Waals surface area (Å²) in [6, 6.07) is 5.96. The molecule has 112 valence electrons. The third kappa shape index (κ3) is 5.27. The lowest BCUT2D eigenvalue weighted by atomic mass is 10.2. The molecule has 1 amide bonds. The van der Waals surface area contributed by atoms with Crippen LogP contribution in [0.15, 0.2) is 30.3 Å². The van der Waals surface area contributed by atoms with Crippen molar-refractivity contribution in [3.05, 3.63) is 41.7 Å². The maximum absolute atomic E-state index is 12.8. The number of halogens is 1. The molecule has 0 aliphatic carbocycles. The molecule has 0 atom stereocenters. The summed E-state index contributed by atoms with van der Waals surface area (Å²) < 4.78 is 12.8. The first-order valence-corrected chi connectivity index (χ1v) is 7.59. The molecule has 21 heavy (non-hydrogen) atoms. The summed E-state index contributed by atoms with van der Waals surface area (Å²) in [4.78, 5) is 13.9. The van der Waals surface area contributed by atoms with E-state index in [0.29, 0.717) is 5.11 Å². The van der Waals surface area contributed by atoms with Gasteiger partial charge >= 0.3 is 0 Å². The lowest BCUT2D eigenvalue weighted by molar-refractivity contribution is -0.115. The molecule has 0 bridgehead atoms. The molecule has 1 aromatic rings. The summed E-state index contributed by atoms with van der Waals surface area (Å²) in [6.45, 7) is 1.81. The van der Waals surface area contributed by atoms with Gasteiger partial charge in [-0.3, -0.25) is 10.1 Å². The molecule has 3 nitrogen and oxygen atoms in total. The number of amides is 1. The van der Waals surface area contributed by atoms with Crippen molar-refractivity contribution < 1.29 is 9.18 Å². The maximum atomic E-state index is 12.8. The number of rotatable bonds is 2. The van der Waals surface area contributed by atoms with Crippen LogP contribution in [0.25, 0.3) is 6.08 Å². The van der Waals surface area contributed by atoms with Crippen LogP contribution < -0.4 is 5.32 Å². The molecule has 0 radical (unpaired) electrons. The van der Waals surface area contributed by atoms with Crippen LogP contribution in [0.4, 0.5) is 4.39 Å². The Kier molecular flexibility index (Phi) is 5.87. The molecule has 1 fully saturated rings. The predicted octanol–water partition coefficient (Wildman–Crippen LogP) is 3.12. The fourth-order valence-corrected chi connectivity index (χ4v) is 2.53. The largest absolute Gasteiger partial charge is 0.349 e. The Morgan fingerprint density at radius 2 is 1.76 bits per heavy atom. The fraction of sp³-hybridized carbons (Fsp3) is 0.375. The standard InChI is InChI=1S/C16H19FN2OS/c17-14-8-5-13(6-9-14)7-10-15(20)18-16(21)19-11-3-1-2-4-12-19/h5-10H,1-4,11-12H2,(H,18,20,21). The van der Waals surface area contributed by atoms with Gasteiger partial charge in [-0.25, -0.2) is 4.39 Å². The monoisotopic (exact) mass is 306 g/mol. The van der Waals surface area contributed by atoms with Gasteiger partial charge in [0.2, 0.25) is 5.91 Å². The van der Waals surface area contributed by atoms with Gasteiger partial charge in [0, 0.05) is 19.2 Å². The number of nitrogens with zero attached hydrogens (tertiary/aromatic N) is 1. The summed E-state index contributed by atoms with van der Waals surface area (Å²) in [5, 5.41) is 3.21. The Morgan fingerprint density at radius 3 is 2.38 bits per heavy atom. The molecule has 0 saturated carbocycles. The van der Waals surface area contributed by atoms with Crippen LogP contribution in [0.5, 0.6) is 0 Å². The molecule has 2 rings (SSSR count). The predicted molar refractivity (Wildman–Crippen MR) is 86.2 cm³/mol. The van der Waals surface area contributed by atoms with Crippen LogP contribution in [0.3, 0.4) is 0 Å². The Bertz CT molecular complexity index is 520. The third-order valence-electron chi connectivity index (χ3n) is 3.42. The van der Waals surface area contributed by atoms with Crippen LogP contribution in [0.2, 0.25) is 0 Å². The van der Waals surface area contributed by atoms with Crippen molar-refractivity contribution >= 4 is 29.3 Å². The summed E-state index contributed by atoms with van der Waals surface area (Å²) in [7, 11) is 0. The summed E-state index contributed by atoms with van der Waals surface area (Å²) in [6.07, 6.45) is 7.72. The van der Waals surface area contributed by atoms with Gasteiger partial charge in [0.1, 0.15) is 5.82 Å². The smallest absolute Gasteiger partial charge is 0.250 e. The van der Waals surface area contributed by atoms with Crippen LogP contribution >= 0.6 is 12.2 Å². The van der Waals surface area contributed by atoms with E-state index in [0.717, 1.165) is 31.5 Å². The SMILES string of the molecule is O=C(C=Cc1ccc(F)cc1)NC(=S)N1CCCCCC1. The van der Waals surface area contributed by atoms with E-state index in [1.54, 1.807) is 18.2 Å². The van der Waals surface area contributed by atoms with E-state index in [1.165, 1.54) is 31.1 Å². The second-order valence-corrected chi connectivity index (χ2v) is 5.47. The van der Waals surface area contributed by atoms with Crippen molar-refractivity contribution in [1.82, 2.24) is 10.2 Å². The Labute approximate surface area is 129 Å². The third-order valence-corrected chi connectivity index (χ3v) is 3.78. The lowest BCUT2D eigenvalue weighted by Crippen LogP contribution is -2.42. The van der Waals surface area contributed by atoms with E-state index >= 15 is 0 Å². The maximum Gasteiger partial charge on any atom is 0.250 e. The van der Waals surface area contributed by atoms with Gasteiger partial charge in [-0.15, -0.1) is 0 Å².